The van der Waals surface area contributed by atoms with Gasteiger partial charge < -0.3 is 9.84 Å². The van der Waals surface area contributed by atoms with Crippen LogP contribution in [0.15, 0.2) is 12.1 Å². The van der Waals surface area contributed by atoms with E-state index >= 15 is 0 Å². The van der Waals surface area contributed by atoms with Crippen LogP contribution in [0.25, 0.3) is 0 Å². The van der Waals surface area contributed by atoms with Crippen LogP contribution < -0.4 is 0 Å². The number of rotatable bonds is 5. The van der Waals surface area contributed by atoms with Crippen LogP contribution in [0.1, 0.15) is 30.5 Å². The first kappa shape index (κ1) is 12.7. The summed E-state index contributed by atoms with van der Waals surface area (Å²) in [4.78, 5) is 2.59. The summed E-state index contributed by atoms with van der Waals surface area (Å²) in [5, 5.41) is 10.2. The molecule has 1 aromatic heterocycles. The zero-order valence-corrected chi connectivity index (χ0v) is 10.7. The van der Waals surface area contributed by atoms with Crippen LogP contribution in [0.3, 0.4) is 0 Å². The number of aryl methyl sites for hydroxylation is 1. The second kappa shape index (κ2) is 5.10. The number of hydrogen-bond acceptors (Lipinski definition) is 3. The molecule has 2 atom stereocenters. The van der Waals surface area contributed by atoms with E-state index < -0.39 is 5.60 Å². The average Bonchev–Trinajstić information content (AvgIpc) is 2.63. The fraction of sp³-hybridized carbons (Fsp3) is 0.667. The maximum absolute atomic E-state index is 10.2. The maximum atomic E-state index is 10.2. The van der Waals surface area contributed by atoms with Gasteiger partial charge in [-0.1, -0.05) is 6.92 Å². The molecule has 0 aromatic carbocycles. The van der Waals surface area contributed by atoms with Gasteiger partial charge in [-0.25, -0.2) is 0 Å². The molecule has 1 aromatic rings. The first-order valence-corrected chi connectivity index (χ1v) is 6.14. The van der Waals surface area contributed by atoms with Crippen LogP contribution in [-0.4, -0.2) is 23.9 Å². The van der Waals surface area contributed by atoms with E-state index in [2.05, 4.69) is 19.1 Å². The van der Waals surface area contributed by atoms with Crippen molar-refractivity contribution in [1.82, 2.24) is 0 Å². The lowest BCUT2D eigenvalue weighted by molar-refractivity contribution is -0.0711. The van der Waals surface area contributed by atoms with Gasteiger partial charge in [0.15, 0.2) is 0 Å². The molecule has 15 heavy (non-hydrogen) atoms. The van der Waals surface area contributed by atoms with Crippen molar-refractivity contribution in [2.75, 3.05) is 7.11 Å². The van der Waals surface area contributed by atoms with Gasteiger partial charge >= 0.3 is 0 Å². The fourth-order valence-corrected chi connectivity index (χ4v) is 2.58. The van der Waals surface area contributed by atoms with E-state index in [1.807, 2.05) is 13.8 Å². The Morgan fingerprint density at radius 2 is 2.07 bits per heavy atom. The molecule has 0 aliphatic heterocycles. The summed E-state index contributed by atoms with van der Waals surface area (Å²) in [5.74, 6) is 0. The van der Waals surface area contributed by atoms with Crippen molar-refractivity contribution >= 4 is 11.3 Å². The Labute approximate surface area is 95.9 Å². The maximum Gasteiger partial charge on any atom is 0.0925 e. The van der Waals surface area contributed by atoms with Crippen LogP contribution in [0.4, 0.5) is 0 Å². The van der Waals surface area contributed by atoms with Gasteiger partial charge in [0.2, 0.25) is 0 Å². The summed E-state index contributed by atoms with van der Waals surface area (Å²) in [5.41, 5.74) is -0.787. The quantitative estimate of drug-likeness (QED) is 0.839. The molecule has 0 amide bonds. The predicted molar refractivity (Wildman–Crippen MR) is 64.5 cm³/mol. The smallest absolute Gasteiger partial charge is 0.0925 e. The van der Waals surface area contributed by atoms with Crippen molar-refractivity contribution in [1.29, 1.82) is 0 Å². The van der Waals surface area contributed by atoms with E-state index in [9.17, 15) is 5.11 Å². The third-order valence-corrected chi connectivity index (χ3v) is 4.06. The highest BCUT2D eigenvalue weighted by Crippen LogP contribution is 2.24. The van der Waals surface area contributed by atoms with Crippen LogP contribution in [-0.2, 0) is 17.6 Å². The number of thiophene rings is 1. The molecule has 0 bridgehead atoms. The SMILES string of the molecule is CCc1ccc(CC(C)(O)C(C)OC)s1. The second-order valence-corrected chi connectivity index (χ2v) is 5.39. The molecule has 0 aliphatic carbocycles. The first-order chi connectivity index (χ1) is 6.99. The molecule has 0 saturated carbocycles. The molecule has 3 heteroatoms. The molecule has 2 nitrogen and oxygen atoms in total. The number of hydrogen-bond donors (Lipinski definition) is 1. The molecule has 86 valence electrons. The minimum Gasteiger partial charge on any atom is -0.387 e. The number of methoxy groups -OCH3 is 1. The van der Waals surface area contributed by atoms with E-state index in [1.54, 1.807) is 18.4 Å². The lowest BCUT2D eigenvalue weighted by atomic mass is 9.95. The largest absolute Gasteiger partial charge is 0.387 e. The van der Waals surface area contributed by atoms with E-state index in [-0.39, 0.29) is 6.10 Å². The van der Waals surface area contributed by atoms with Gasteiger partial charge in [-0.3, -0.25) is 0 Å². The lowest BCUT2D eigenvalue weighted by Crippen LogP contribution is -2.40. The predicted octanol–water partition coefficient (Wildman–Crippen LogP) is 2.64. The highest BCUT2D eigenvalue weighted by atomic mass is 32.1. The van der Waals surface area contributed by atoms with Gasteiger partial charge in [0.1, 0.15) is 0 Å². The van der Waals surface area contributed by atoms with Gasteiger partial charge in [-0.15, -0.1) is 11.3 Å². The van der Waals surface area contributed by atoms with E-state index in [4.69, 9.17) is 4.74 Å². The molecule has 1 heterocycles. The van der Waals surface area contributed by atoms with Gasteiger partial charge in [0.05, 0.1) is 11.7 Å². The van der Waals surface area contributed by atoms with Crippen LogP contribution >= 0.6 is 11.3 Å². The number of aliphatic hydroxyl groups is 1. The van der Waals surface area contributed by atoms with Crippen molar-refractivity contribution in [3.8, 4) is 0 Å². The fourth-order valence-electron chi connectivity index (χ4n) is 1.46. The topological polar surface area (TPSA) is 29.5 Å². The Bertz CT molecular complexity index is 304. The minimum absolute atomic E-state index is 0.148. The highest BCUT2D eigenvalue weighted by molar-refractivity contribution is 7.12. The molecule has 0 fully saturated rings. The average molecular weight is 228 g/mol. The van der Waals surface area contributed by atoms with Crippen molar-refractivity contribution in [3.63, 3.8) is 0 Å². The summed E-state index contributed by atoms with van der Waals surface area (Å²) in [6, 6.07) is 4.23. The van der Waals surface area contributed by atoms with Crippen LogP contribution in [0, 0.1) is 0 Å². The molecular weight excluding hydrogens is 208 g/mol. The van der Waals surface area contributed by atoms with Gasteiger partial charge in [-0.2, -0.15) is 0 Å². The Hall–Kier alpha value is -0.380. The second-order valence-electron chi connectivity index (χ2n) is 4.13. The summed E-state index contributed by atoms with van der Waals surface area (Å²) in [6.07, 6.45) is 1.57. The Morgan fingerprint density at radius 1 is 1.47 bits per heavy atom. The van der Waals surface area contributed by atoms with Crippen LogP contribution in [0.5, 0.6) is 0 Å². The zero-order chi connectivity index (χ0) is 11.5. The van der Waals surface area contributed by atoms with Gasteiger partial charge in [-0.05, 0) is 32.4 Å². The Balaban J connectivity index is 2.68. The normalized spacial score (nSPS) is 17.4. The number of ether oxygens (including phenoxy) is 1. The molecule has 0 radical (unpaired) electrons. The monoisotopic (exact) mass is 228 g/mol. The Morgan fingerprint density at radius 3 is 2.53 bits per heavy atom. The van der Waals surface area contributed by atoms with Crippen LogP contribution in [0.2, 0.25) is 0 Å². The van der Waals surface area contributed by atoms with E-state index in [1.165, 1.54) is 9.75 Å². The Kier molecular flexibility index (Phi) is 4.32. The third kappa shape index (κ3) is 3.30. The molecular formula is C12H20O2S. The molecule has 0 spiro atoms. The van der Waals surface area contributed by atoms with Crippen molar-refractivity contribution < 1.29 is 9.84 Å². The molecule has 2 unspecified atom stereocenters. The first-order valence-electron chi connectivity index (χ1n) is 5.32. The third-order valence-electron chi connectivity index (χ3n) is 2.83. The van der Waals surface area contributed by atoms with E-state index in [0.717, 1.165) is 6.42 Å². The van der Waals surface area contributed by atoms with E-state index in [0.29, 0.717) is 6.42 Å². The summed E-state index contributed by atoms with van der Waals surface area (Å²) in [7, 11) is 1.63. The standard InChI is InChI=1S/C12H20O2S/c1-5-10-6-7-11(15-10)8-12(3,13)9(2)14-4/h6-7,9,13H,5,8H2,1-4H3. The highest BCUT2D eigenvalue weighted by Gasteiger charge is 2.29. The lowest BCUT2D eigenvalue weighted by Gasteiger charge is -2.28. The molecule has 1 rings (SSSR count). The molecule has 0 aliphatic rings. The van der Waals surface area contributed by atoms with Crippen molar-refractivity contribution in [2.24, 2.45) is 0 Å². The summed E-state index contributed by atoms with van der Waals surface area (Å²) >= 11 is 1.77. The van der Waals surface area contributed by atoms with Crippen molar-refractivity contribution in [2.45, 2.75) is 45.3 Å². The van der Waals surface area contributed by atoms with Gasteiger partial charge in [0, 0.05) is 23.3 Å². The van der Waals surface area contributed by atoms with Crippen molar-refractivity contribution in [3.05, 3.63) is 21.9 Å². The molecule has 0 saturated heterocycles. The zero-order valence-electron chi connectivity index (χ0n) is 9.91. The minimum atomic E-state index is -0.787. The summed E-state index contributed by atoms with van der Waals surface area (Å²) in [6.45, 7) is 5.87. The summed E-state index contributed by atoms with van der Waals surface area (Å²) < 4.78 is 5.17. The molecule has 1 N–H and O–H groups in total. The van der Waals surface area contributed by atoms with Gasteiger partial charge in [0.25, 0.3) is 0 Å².